The second kappa shape index (κ2) is 7.63. The van der Waals surface area contributed by atoms with Crippen molar-refractivity contribution in [3.8, 4) is 0 Å². The summed E-state index contributed by atoms with van der Waals surface area (Å²) in [5.74, 6) is -0.0252. The summed E-state index contributed by atoms with van der Waals surface area (Å²) in [5.41, 5.74) is 6.32. The molecule has 1 amide bonds. The van der Waals surface area contributed by atoms with Crippen molar-refractivity contribution >= 4 is 29.0 Å². The number of anilines is 1. The second-order valence-electron chi connectivity index (χ2n) is 6.90. The Bertz CT molecular complexity index is 1160. The van der Waals surface area contributed by atoms with E-state index < -0.39 is 11.7 Å². The lowest BCUT2D eigenvalue weighted by atomic mass is 9.97. The molecular formula is C20H18ClFN6O. The SMILES string of the molecule is CC1C=CC(Cl)=CC1Nc1ccc2nnc(Cc3ccc(F)c(C(N)=O)c3)n2n1. The molecule has 3 aromatic rings. The number of carbonyl (C=O) groups excluding carboxylic acids is 1. The Morgan fingerprint density at radius 3 is 2.93 bits per heavy atom. The highest BCUT2D eigenvalue weighted by Gasteiger charge is 2.18. The van der Waals surface area contributed by atoms with Crippen LogP contribution < -0.4 is 11.1 Å². The summed E-state index contributed by atoms with van der Waals surface area (Å²) in [7, 11) is 0. The van der Waals surface area contributed by atoms with Gasteiger partial charge in [0, 0.05) is 11.5 Å². The maximum Gasteiger partial charge on any atom is 0.251 e. The molecule has 7 nitrogen and oxygen atoms in total. The highest BCUT2D eigenvalue weighted by Crippen LogP contribution is 2.22. The van der Waals surface area contributed by atoms with E-state index in [4.69, 9.17) is 17.3 Å². The van der Waals surface area contributed by atoms with E-state index in [1.165, 1.54) is 12.1 Å². The van der Waals surface area contributed by atoms with Crippen molar-refractivity contribution in [2.75, 3.05) is 5.32 Å². The number of fused-ring (bicyclic) bond motifs is 1. The molecule has 2 atom stereocenters. The maximum absolute atomic E-state index is 13.7. The summed E-state index contributed by atoms with van der Waals surface area (Å²) in [5, 5.41) is 16.9. The highest BCUT2D eigenvalue weighted by molar-refractivity contribution is 6.31. The fourth-order valence-corrected chi connectivity index (χ4v) is 3.37. The maximum atomic E-state index is 13.7. The van der Waals surface area contributed by atoms with Crippen molar-refractivity contribution in [3.63, 3.8) is 0 Å². The van der Waals surface area contributed by atoms with Crippen LogP contribution in [-0.2, 0) is 6.42 Å². The quantitative estimate of drug-likeness (QED) is 0.671. The minimum atomic E-state index is -0.817. The number of hydrogen-bond acceptors (Lipinski definition) is 5. The zero-order valence-electron chi connectivity index (χ0n) is 15.5. The van der Waals surface area contributed by atoms with Gasteiger partial charge < -0.3 is 11.1 Å². The first-order valence-corrected chi connectivity index (χ1v) is 9.40. The molecule has 0 aliphatic heterocycles. The van der Waals surface area contributed by atoms with Crippen molar-refractivity contribution in [1.29, 1.82) is 0 Å². The molecule has 1 aliphatic carbocycles. The Balaban J connectivity index is 1.62. The van der Waals surface area contributed by atoms with Gasteiger partial charge in [0.15, 0.2) is 11.5 Å². The third kappa shape index (κ3) is 3.97. The number of nitrogens with one attached hydrogen (secondary N) is 1. The Labute approximate surface area is 171 Å². The minimum absolute atomic E-state index is 0.00704. The number of primary amides is 1. The zero-order valence-corrected chi connectivity index (χ0v) is 16.3. The van der Waals surface area contributed by atoms with E-state index in [0.29, 0.717) is 34.3 Å². The van der Waals surface area contributed by atoms with Crippen LogP contribution >= 0.6 is 11.6 Å². The lowest BCUT2D eigenvalue weighted by Gasteiger charge is -2.23. The van der Waals surface area contributed by atoms with E-state index in [2.05, 4.69) is 27.5 Å². The number of carbonyl (C=O) groups is 1. The zero-order chi connectivity index (χ0) is 20.5. The van der Waals surface area contributed by atoms with E-state index in [-0.39, 0.29) is 17.5 Å². The van der Waals surface area contributed by atoms with Gasteiger partial charge in [-0.15, -0.1) is 15.3 Å². The van der Waals surface area contributed by atoms with Crippen molar-refractivity contribution < 1.29 is 9.18 Å². The van der Waals surface area contributed by atoms with Gasteiger partial charge >= 0.3 is 0 Å². The third-order valence-corrected chi connectivity index (χ3v) is 5.02. The number of benzene rings is 1. The molecule has 0 saturated heterocycles. The molecule has 0 fully saturated rings. The molecule has 29 heavy (non-hydrogen) atoms. The largest absolute Gasteiger partial charge is 0.366 e. The lowest BCUT2D eigenvalue weighted by molar-refractivity contribution is 0.0996. The van der Waals surface area contributed by atoms with Crippen molar-refractivity contribution in [2.24, 2.45) is 11.7 Å². The Hall–Kier alpha value is -3.26. The van der Waals surface area contributed by atoms with Crippen LogP contribution in [0.2, 0.25) is 0 Å². The average molecular weight is 413 g/mol. The van der Waals surface area contributed by atoms with Crippen LogP contribution in [0.25, 0.3) is 5.65 Å². The minimum Gasteiger partial charge on any atom is -0.366 e. The van der Waals surface area contributed by atoms with Crippen LogP contribution in [0.4, 0.5) is 10.2 Å². The molecule has 148 valence electrons. The van der Waals surface area contributed by atoms with Crippen molar-refractivity contribution in [1.82, 2.24) is 19.8 Å². The molecule has 2 aromatic heterocycles. The molecule has 0 radical (unpaired) electrons. The van der Waals surface area contributed by atoms with Gasteiger partial charge in [-0.05, 0) is 47.9 Å². The lowest BCUT2D eigenvalue weighted by Crippen LogP contribution is -2.26. The summed E-state index contributed by atoms with van der Waals surface area (Å²) in [6.07, 6.45) is 6.16. The fourth-order valence-electron chi connectivity index (χ4n) is 3.16. The number of nitrogens with zero attached hydrogens (tertiary/aromatic N) is 4. The topological polar surface area (TPSA) is 98.2 Å². The number of nitrogens with two attached hydrogens (primary N) is 1. The Morgan fingerprint density at radius 1 is 1.31 bits per heavy atom. The van der Waals surface area contributed by atoms with E-state index in [1.807, 2.05) is 24.3 Å². The number of rotatable bonds is 5. The van der Waals surface area contributed by atoms with E-state index in [9.17, 15) is 9.18 Å². The van der Waals surface area contributed by atoms with Gasteiger partial charge in [-0.25, -0.2) is 4.39 Å². The molecule has 0 saturated carbocycles. The molecule has 2 heterocycles. The predicted octanol–water partition coefficient (Wildman–Crippen LogP) is 3.06. The summed E-state index contributed by atoms with van der Waals surface area (Å²) in [6, 6.07) is 7.85. The number of aromatic nitrogens is 4. The molecule has 2 unspecified atom stereocenters. The van der Waals surface area contributed by atoms with Crippen molar-refractivity contribution in [3.05, 3.63) is 76.4 Å². The van der Waals surface area contributed by atoms with E-state index in [0.717, 1.165) is 0 Å². The third-order valence-electron chi connectivity index (χ3n) is 4.76. The fraction of sp³-hybridized carbons (Fsp3) is 0.200. The molecule has 1 aliphatic rings. The summed E-state index contributed by atoms with van der Waals surface area (Å²) in [4.78, 5) is 11.4. The Morgan fingerprint density at radius 2 is 2.14 bits per heavy atom. The monoisotopic (exact) mass is 412 g/mol. The molecule has 0 spiro atoms. The van der Waals surface area contributed by atoms with Crippen LogP contribution in [0.5, 0.6) is 0 Å². The first-order chi connectivity index (χ1) is 13.9. The molecule has 3 N–H and O–H groups in total. The normalized spacial score (nSPS) is 18.7. The van der Waals surface area contributed by atoms with Crippen molar-refractivity contribution in [2.45, 2.75) is 19.4 Å². The highest BCUT2D eigenvalue weighted by atomic mass is 35.5. The van der Waals surface area contributed by atoms with E-state index >= 15 is 0 Å². The van der Waals surface area contributed by atoms with Crippen LogP contribution in [0, 0.1) is 11.7 Å². The second-order valence-corrected chi connectivity index (χ2v) is 7.34. The van der Waals surface area contributed by atoms with Gasteiger partial charge in [-0.2, -0.15) is 4.52 Å². The standard InChI is InChI=1S/C20H18ClFN6O/c1-11-2-4-13(21)10-16(11)24-17-6-7-18-25-26-19(28(18)27-17)9-12-3-5-15(22)14(8-12)20(23)29/h2-8,10-11,16H,9H2,1H3,(H2,23,29)(H,24,27). The van der Waals surface area contributed by atoms with Gasteiger partial charge in [0.2, 0.25) is 0 Å². The summed E-state index contributed by atoms with van der Waals surface area (Å²) >= 11 is 6.11. The molecule has 0 bridgehead atoms. The van der Waals surface area contributed by atoms with Crippen LogP contribution in [0.1, 0.15) is 28.7 Å². The smallest absolute Gasteiger partial charge is 0.251 e. The molecule has 4 rings (SSSR count). The number of allylic oxidation sites excluding steroid dienone is 2. The van der Waals surface area contributed by atoms with Gasteiger partial charge in [0.05, 0.1) is 11.6 Å². The summed E-state index contributed by atoms with van der Waals surface area (Å²) in [6.45, 7) is 2.08. The predicted molar refractivity (Wildman–Crippen MR) is 108 cm³/mol. The van der Waals surface area contributed by atoms with Crippen LogP contribution in [-0.4, -0.2) is 31.8 Å². The number of halogens is 2. The number of amides is 1. The average Bonchev–Trinajstić information content (AvgIpc) is 3.08. The molecule has 1 aromatic carbocycles. The van der Waals surface area contributed by atoms with E-state index in [1.54, 1.807) is 16.6 Å². The molecular weight excluding hydrogens is 395 g/mol. The molecule has 9 heteroatoms. The van der Waals surface area contributed by atoms with Crippen LogP contribution in [0.3, 0.4) is 0 Å². The first-order valence-electron chi connectivity index (χ1n) is 9.02. The van der Waals surface area contributed by atoms with Crippen LogP contribution in [0.15, 0.2) is 53.6 Å². The summed E-state index contributed by atoms with van der Waals surface area (Å²) < 4.78 is 15.3. The van der Waals surface area contributed by atoms with Gasteiger partial charge in [0.25, 0.3) is 5.91 Å². The van der Waals surface area contributed by atoms with Gasteiger partial charge in [-0.3, -0.25) is 4.79 Å². The Kier molecular flexibility index (Phi) is 5.02. The first kappa shape index (κ1) is 19.1. The van der Waals surface area contributed by atoms with Gasteiger partial charge in [0.1, 0.15) is 11.6 Å². The van der Waals surface area contributed by atoms with Gasteiger partial charge in [-0.1, -0.05) is 30.7 Å². The number of hydrogen-bond donors (Lipinski definition) is 2.